The van der Waals surface area contributed by atoms with Gasteiger partial charge in [-0.05, 0) is 26.0 Å². The van der Waals surface area contributed by atoms with E-state index in [9.17, 15) is 4.79 Å². The minimum Gasteiger partial charge on any atom is -0.487 e. The molecule has 0 aliphatic heterocycles. The Hall–Kier alpha value is -1.01. The lowest BCUT2D eigenvalue weighted by atomic mass is 10.0. The summed E-state index contributed by atoms with van der Waals surface area (Å²) in [5.74, 6) is -0.0220. The highest BCUT2D eigenvalue weighted by Crippen LogP contribution is 2.33. The first kappa shape index (κ1) is 21.0. The Morgan fingerprint density at radius 3 is 2.64 bits per heavy atom. The van der Waals surface area contributed by atoms with Gasteiger partial charge in [-0.25, -0.2) is 0 Å². The van der Waals surface area contributed by atoms with E-state index in [1.54, 1.807) is 32.0 Å². The van der Waals surface area contributed by atoms with E-state index in [0.29, 0.717) is 36.3 Å². The molecule has 2 atom stereocenters. The molecule has 1 rings (SSSR count). The summed E-state index contributed by atoms with van der Waals surface area (Å²) in [6.45, 7) is 6.94. The quantitative estimate of drug-likeness (QED) is 0.706. The van der Waals surface area contributed by atoms with Crippen LogP contribution in [0, 0.1) is 5.92 Å². The molecule has 0 radical (unpaired) electrons. The predicted octanol–water partition coefficient (Wildman–Crippen LogP) is 3.10. The van der Waals surface area contributed by atoms with Crippen LogP contribution in [0.15, 0.2) is 18.2 Å². The van der Waals surface area contributed by atoms with Gasteiger partial charge in [0.1, 0.15) is 6.61 Å². The Morgan fingerprint density at radius 2 is 2.05 bits per heavy atom. The number of rotatable bonds is 8. The van der Waals surface area contributed by atoms with Gasteiger partial charge >= 0.3 is 0 Å². The summed E-state index contributed by atoms with van der Waals surface area (Å²) in [7, 11) is 0. The smallest absolute Gasteiger partial charge is 0.228 e. The number of para-hydroxylation sites is 1. The van der Waals surface area contributed by atoms with Crippen LogP contribution < -0.4 is 15.8 Å². The van der Waals surface area contributed by atoms with Gasteiger partial charge in [0.05, 0.1) is 23.2 Å². The number of hydrogen-bond donors (Lipinski definition) is 2. The van der Waals surface area contributed by atoms with Gasteiger partial charge in [-0.15, -0.1) is 12.4 Å². The SMILES string of the molecule is CCOCCOc1c(Cl)cccc1NC(=O)C(C)C(C)N.Cl. The van der Waals surface area contributed by atoms with Gasteiger partial charge in [0.2, 0.25) is 5.91 Å². The zero-order chi connectivity index (χ0) is 15.8. The largest absolute Gasteiger partial charge is 0.487 e. The highest BCUT2D eigenvalue weighted by Gasteiger charge is 2.19. The van der Waals surface area contributed by atoms with Crippen LogP contribution in [-0.2, 0) is 9.53 Å². The molecule has 0 fully saturated rings. The third kappa shape index (κ3) is 6.40. The first-order valence-electron chi connectivity index (χ1n) is 7.02. The van der Waals surface area contributed by atoms with Gasteiger partial charge in [0, 0.05) is 12.6 Å². The van der Waals surface area contributed by atoms with E-state index in [-0.39, 0.29) is 30.3 Å². The van der Waals surface area contributed by atoms with Crippen molar-refractivity contribution in [1.29, 1.82) is 0 Å². The minimum absolute atomic E-state index is 0. The van der Waals surface area contributed by atoms with E-state index < -0.39 is 0 Å². The Morgan fingerprint density at radius 1 is 1.36 bits per heavy atom. The number of anilines is 1. The molecule has 0 aliphatic rings. The normalized spacial score (nSPS) is 13.0. The number of hydrogen-bond acceptors (Lipinski definition) is 4. The van der Waals surface area contributed by atoms with Crippen LogP contribution in [0.1, 0.15) is 20.8 Å². The molecule has 3 N–H and O–H groups in total. The van der Waals surface area contributed by atoms with Gasteiger partial charge in [0.15, 0.2) is 5.75 Å². The molecule has 0 spiro atoms. The fourth-order valence-corrected chi connectivity index (χ4v) is 1.82. The van der Waals surface area contributed by atoms with Crippen molar-refractivity contribution in [1.82, 2.24) is 0 Å². The van der Waals surface area contributed by atoms with Crippen molar-refractivity contribution in [3.05, 3.63) is 23.2 Å². The molecule has 5 nitrogen and oxygen atoms in total. The molecule has 2 unspecified atom stereocenters. The maximum atomic E-state index is 12.1. The third-order valence-electron chi connectivity index (χ3n) is 3.11. The second-order valence-corrected chi connectivity index (χ2v) is 5.21. The summed E-state index contributed by atoms with van der Waals surface area (Å²) in [5, 5.41) is 3.25. The Kier molecular flexibility index (Phi) is 10.2. The molecule has 0 heterocycles. The number of amides is 1. The van der Waals surface area contributed by atoms with Gasteiger partial charge in [-0.3, -0.25) is 4.79 Å². The second-order valence-electron chi connectivity index (χ2n) is 4.80. The zero-order valence-electron chi connectivity index (χ0n) is 13.1. The van der Waals surface area contributed by atoms with Crippen molar-refractivity contribution >= 4 is 35.6 Å². The predicted molar refractivity (Wildman–Crippen MR) is 92.1 cm³/mol. The molecule has 126 valence electrons. The number of halogens is 2. The summed E-state index contributed by atoms with van der Waals surface area (Å²) >= 11 is 6.13. The first-order valence-corrected chi connectivity index (χ1v) is 7.40. The molecule has 7 heteroatoms. The van der Waals surface area contributed by atoms with Gasteiger partial charge in [0.25, 0.3) is 0 Å². The van der Waals surface area contributed by atoms with E-state index in [2.05, 4.69) is 5.32 Å². The van der Waals surface area contributed by atoms with Crippen LogP contribution in [0.25, 0.3) is 0 Å². The summed E-state index contributed by atoms with van der Waals surface area (Å²) in [6.07, 6.45) is 0. The number of ether oxygens (including phenoxy) is 2. The lowest BCUT2D eigenvalue weighted by molar-refractivity contribution is -0.119. The average Bonchev–Trinajstić information content (AvgIpc) is 2.44. The highest BCUT2D eigenvalue weighted by atomic mass is 35.5. The molecule has 22 heavy (non-hydrogen) atoms. The third-order valence-corrected chi connectivity index (χ3v) is 3.40. The number of nitrogens with two attached hydrogens (primary N) is 1. The molecule has 0 aliphatic carbocycles. The minimum atomic E-state index is -0.305. The molecule has 0 bridgehead atoms. The standard InChI is InChI=1S/C15H23ClN2O3.ClH/c1-4-20-8-9-21-14-12(16)6-5-7-13(14)18-15(19)10(2)11(3)17;/h5-7,10-11H,4,8-9,17H2,1-3H3,(H,18,19);1H. The summed E-state index contributed by atoms with van der Waals surface area (Å²) in [6, 6.07) is 4.98. The Bertz CT molecular complexity index is 470. The summed E-state index contributed by atoms with van der Waals surface area (Å²) in [4.78, 5) is 12.1. The van der Waals surface area contributed by atoms with Crippen LogP contribution in [0.2, 0.25) is 5.02 Å². The van der Waals surface area contributed by atoms with Crippen molar-refractivity contribution in [3.63, 3.8) is 0 Å². The number of benzene rings is 1. The topological polar surface area (TPSA) is 73.6 Å². The maximum Gasteiger partial charge on any atom is 0.228 e. The van der Waals surface area contributed by atoms with Crippen molar-refractivity contribution in [2.75, 3.05) is 25.1 Å². The Balaban J connectivity index is 0.00000441. The van der Waals surface area contributed by atoms with Crippen LogP contribution in [0.3, 0.4) is 0 Å². The van der Waals surface area contributed by atoms with Crippen LogP contribution in [0.4, 0.5) is 5.69 Å². The summed E-state index contributed by atoms with van der Waals surface area (Å²) in [5.41, 5.74) is 6.28. The molecule has 0 saturated heterocycles. The van der Waals surface area contributed by atoms with Gasteiger partial charge in [-0.2, -0.15) is 0 Å². The monoisotopic (exact) mass is 350 g/mol. The van der Waals surface area contributed by atoms with Gasteiger partial charge in [-0.1, -0.05) is 24.6 Å². The average molecular weight is 351 g/mol. The van der Waals surface area contributed by atoms with Crippen molar-refractivity contribution in [3.8, 4) is 5.75 Å². The van der Waals surface area contributed by atoms with Crippen molar-refractivity contribution in [2.24, 2.45) is 11.7 Å². The molecular formula is C15H24Cl2N2O3. The van der Waals surface area contributed by atoms with E-state index in [1.807, 2.05) is 6.92 Å². The number of nitrogens with one attached hydrogen (secondary N) is 1. The van der Waals surface area contributed by atoms with E-state index in [0.717, 1.165) is 0 Å². The molecule has 1 aromatic carbocycles. The molecule has 0 saturated carbocycles. The van der Waals surface area contributed by atoms with Crippen molar-refractivity contribution in [2.45, 2.75) is 26.8 Å². The van der Waals surface area contributed by atoms with E-state index in [1.165, 1.54) is 0 Å². The summed E-state index contributed by atoms with van der Waals surface area (Å²) < 4.78 is 10.8. The number of carbonyl (C=O) groups excluding carboxylic acids is 1. The zero-order valence-corrected chi connectivity index (χ0v) is 14.7. The fourth-order valence-electron chi connectivity index (χ4n) is 1.59. The first-order chi connectivity index (χ1) is 9.97. The van der Waals surface area contributed by atoms with Crippen LogP contribution in [0.5, 0.6) is 5.75 Å². The highest BCUT2D eigenvalue weighted by molar-refractivity contribution is 6.32. The fraction of sp³-hybridized carbons (Fsp3) is 0.533. The molecule has 0 aromatic heterocycles. The lowest BCUT2D eigenvalue weighted by Gasteiger charge is -2.18. The van der Waals surface area contributed by atoms with E-state index >= 15 is 0 Å². The van der Waals surface area contributed by atoms with Crippen LogP contribution in [-0.4, -0.2) is 31.8 Å². The van der Waals surface area contributed by atoms with E-state index in [4.69, 9.17) is 26.8 Å². The lowest BCUT2D eigenvalue weighted by Crippen LogP contribution is -2.34. The molecule has 1 aromatic rings. The van der Waals surface area contributed by atoms with Crippen LogP contribution >= 0.6 is 24.0 Å². The molecule has 1 amide bonds. The maximum absolute atomic E-state index is 12.1. The van der Waals surface area contributed by atoms with Crippen molar-refractivity contribution < 1.29 is 14.3 Å². The van der Waals surface area contributed by atoms with Gasteiger partial charge < -0.3 is 20.5 Å². The molecular weight excluding hydrogens is 327 g/mol. The number of carbonyl (C=O) groups is 1. The Labute approximate surface area is 142 Å². The second kappa shape index (κ2) is 10.7.